The first-order chi connectivity index (χ1) is 11.3. The predicted octanol–water partition coefficient (Wildman–Crippen LogP) is 1.32. The summed E-state index contributed by atoms with van der Waals surface area (Å²) >= 11 is 0. The second-order valence-electron chi connectivity index (χ2n) is 5.87. The molecular formula is C17H36N4O2. The number of aliphatic imine (C=N–C) groups is 1. The number of ether oxygens (including phenoxy) is 2. The molecule has 1 aliphatic heterocycles. The standard InChI is InChI=1S/C17H36N4O2/c1-5-15(6-2)16(21-9-12-23-13-10-21)14-20-17(18-4)19-8-11-22-7-3/h15-16H,5-14H2,1-4H3,(H2,18,19,20). The van der Waals surface area contributed by atoms with Crippen molar-refractivity contribution >= 4 is 5.96 Å². The van der Waals surface area contributed by atoms with Gasteiger partial charge in [0.25, 0.3) is 0 Å². The average Bonchev–Trinajstić information content (AvgIpc) is 2.61. The van der Waals surface area contributed by atoms with Gasteiger partial charge in [-0.1, -0.05) is 26.7 Å². The molecule has 136 valence electrons. The Morgan fingerprint density at radius 1 is 1.17 bits per heavy atom. The molecule has 23 heavy (non-hydrogen) atoms. The average molecular weight is 329 g/mol. The highest BCUT2D eigenvalue weighted by molar-refractivity contribution is 5.79. The van der Waals surface area contributed by atoms with Gasteiger partial charge in [-0.15, -0.1) is 0 Å². The van der Waals surface area contributed by atoms with Crippen molar-refractivity contribution < 1.29 is 9.47 Å². The third-order valence-electron chi connectivity index (χ3n) is 4.55. The fourth-order valence-corrected chi connectivity index (χ4v) is 3.14. The third-order valence-corrected chi connectivity index (χ3v) is 4.55. The van der Waals surface area contributed by atoms with E-state index in [4.69, 9.17) is 9.47 Å². The summed E-state index contributed by atoms with van der Waals surface area (Å²) in [6.45, 7) is 13.5. The first-order valence-corrected chi connectivity index (χ1v) is 9.10. The van der Waals surface area contributed by atoms with E-state index in [-0.39, 0.29) is 0 Å². The highest BCUT2D eigenvalue weighted by atomic mass is 16.5. The largest absolute Gasteiger partial charge is 0.380 e. The minimum absolute atomic E-state index is 0.527. The third kappa shape index (κ3) is 7.50. The van der Waals surface area contributed by atoms with E-state index in [1.165, 1.54) is 12.8 Å². The van der Waals surface area contributed by atoms with E-state index < -0.39 is 0 Å². The molecule has 0 aliphatic carbocycles. The molecule has 0 spiro atoms. The van der Waals surface area contributed by atoms with Crippen LogP contribution in [0.1, 0.15) is 33.6 Å². The van der Waals surface area contributed by atoms with Gasteiger partial charge in [0.2, 0.25) is 0 Å². The van der Waals surface area contributed by atoms with E-state index in [1.807, 2.05) is 14.0 Å². The number of nitrogens with one attached hydrogen (secondary N) is 2. The minimum Gasteiger partial charge on any atom is -0.380 e. The van der Waals surface area contributed by atoms with Gasteiger partial charge in [0.15, 0.2) is 5.96 Å². The number of hydrogen-bond acceptors (Lipinski definition) is 4. The lowest BCUT2D eigenvalue weighted by molar-refractivity contribution is 0.00271. The van der Waals surface area contributed by atoms with Crippen LogP contribution in [0, 0.1) is 5.92 Å². The van der Waals surface area contributed by atoms with Gasteiger partial charge in [0.05, 0.1) is 19.8 Å². The van der Waals surface area contributed by atoms with E-state index in [1.54, 1.807) is 0 Å². The molecular weight excluding hydrogens is 292 g/mol. The molecule has 0 aromatic rings. The molecule has 0 amide bonds. The molecule has 1 heterocycles. The molecule has 0 radical (unpaired) electrons. The van der Waals surface area contributed by atoms with Gasteiger partial charge >= 0.3 is 0 Å². The maximum atomic E-state index is 5.51. The predicted molar refractivity (Wildman–Crippen MR) is 96.1 cm³/mol. The van der Waals surface area contributed by atoms with Crippen molar-refractivity contribution in [2.24, 2.45) is 10.9 Å². The Labute approximate surface area is 142 Å². The highest BCUT2D eigenvalue weighted by Crippen LogP contribution is 2.19. The van der Waals surface area contributed by atoms with Crippen LogP contribution in [0.4, 0.5) is 0 Å². The van der Waals surface area contributed by atoms with E-state index in [0.717, 1.165) is 52.0 Å². The lowest BCUT2D eigenvalue weighted by Gasteiger charge is -2.39. The van der Waals surface area contributed by atoms with Crippen LogP contribution in [0.15, 0.2) is 4.99 Å². The van der Waals surface area contributed by atoms with Crippen LogP contribution < -0.4 is 10.6 Å². The fourth-order valence-electron chi connectivity index (χ4n) is 3.14. The molecule has 1 atom stereocenters. The van der Waals surface area contributed by atoms with Gasteiger partial charge < -0.3 is 20.1 Å². The Morgan fingerprint density at radius 3 is 2.43 bits per heavy atom. The van der Waals surface area contributed by atoms with Gasteiger partial charge in [0.1, 0.15) is 0 Å². The molecule has 1 aliphatic rings. The van der Waals surface area contributed by atoms with Crippen molar-refractivity contribution in [3.05, 3.63) is 0 Å². The maximum Gasteiger partial charge on any atom is 0.191 e. The van der Waals surface area contributed by atoms with Crippen LogP contribution in [0.25, 0.3) is 0 Å². The Kier molecular flexibility index (Phi) is 11.0. The Bertz CT molecular complexity index is 316. The Morgan fingerprint density at radius 2 is 1.87 bits per heavy atom. The Hall–Kier alpha value is -0.850. The van der Waals surface area contributed by atoms with E-state index >= 15 is 0 Å². The smallest absolute Gasteiger partial charge is 0.191 e. The molecule has 0 aromatic carbocycles. The number of guanidine groups is 1. The zero-order chi connectivity index (χ0) is 16.9. The summed E-state index contributed by atoms with van der Waals surface area (Å²) in [5.74, 6) is 1.55. The lowest BCUT2D eigenvalue weighted by Crippen LogP contribution is -2.53. The molecule has 6 heteroatoms. The van der Waals surface area contributed by atoms with Crippen molar-refractivity contribution in [3.63, 3.8) is 0 Å². The molecule has 2 N–H and O–H groups in total. The van der Waals surface area contributed by atoms with Gasteiger partial charge in [0, 0.05) is 45.9 Å². The zero-order valence-electron chi connectivity index (χ0n) is 15.4. The van der Waals surface area contributed by atoms with Crippen LogP contribution >= 0.6 is 0 Å². The summed E-state index contributed by atoms with van der Waals surface area (Å²) in [5.41, 5.74) is 0. The fraction of sp³-hybridized carbons (Fsp3) is 0.941. The van der Waals surface area contributed by atoms with Gasteiger partial charge in [-0.2, -0.15) is 0 Å². The molecule has 1 rings (SSSR count). The molecule has 1 saturated heterocycles. The highest BCUT2D eigenvalue weighted by Gasteiger charge is 2.26. The number of hydrogen-bond donors (Lipinski definition) is 2. The lowest BCUT2D eigenvalue weighted by atomic mass is 9.92. The quantitative estimate of drug-likeness (QED) is 0.360. The first kappa shape index (κ1) is 20.2. The van der Waals surface area contributed by atoms with Gasteiger partial charge in [-0.05, 0) is 12.8 Å². The molecule has 1 fully saturated rings. The van der Waals surface area contributed by atoms with Crippen molar-refractivity contribution in [2.75, 3.05) is 59.7 Å². The van der Waals surface area contributed by atoms with Crippen LogP contribution in [0.3, 0.4) is 0 Å². The molecule has 6 nitrogen and oxygen atoms in total. The van der Waals surface area contributed by atoms with E-state index in [2.05, 4.69) is 34.4 Å². The van der Waals surface area contributed by atoms with Crippen molar-refractivity contribution in [1.29, 1.82) is 0 Å². The van der Waals surface area contributed by atoms with Gasteiger partial charge in [-0.25, -0.2) is 0 Å². The summed E-state index contributed by atoms with van der Waals surface area (Å²) in [6, 6.07) is 0.527. The summed E-state index contributed by atoms with van der Waals surface area (Å²) in [7, 11) is 1.82. The topological polar surface area (TPSA) is 58.1 Å². The molecule has 0 aromatic heterocycles. The van der Waals surface area contributed by atoms with Crippen LogP contribution in [-0.4, -0.2) is 76.6 Å². The second kappa shape index (κ2) is 12.6. The number of nitrogens with zero attached hydrogens (tertiary/aromatic N) is 2. The summed E-state index contributed by atoms with van der Waals surface area (Å²) in [4.78, 5) is 6.88. The van der Waals surface area contributed by atoms with Gasteiger partial charge in [-0.3, -0.25) is 9.89 Å². The van der Waals surface area contributed by atoms with Crippen LogP contribution in [0.5, 0.6) is 0 Å². The van der Waals surface area contributed by atoms with Crippen molar-refractivity contribution in [1.82, 2.24) is 15.5 Å². The number of morpholine rings is 1. The monoisotopic (exact) mass is 328 g/mol. The molecule has 0 saturated carbocycles. The zero-order valence-corrected chi connectivity index (χ0v) is 15.4. The molecule has 1 unspecified atom stereocenters. The van der Waals surface area contributed by atoms with Crippen molar-refractivity contribution in [3.8, 4) is 0 Å². The maximum absolute atomic E-state index is 5.51. The minimum atomic E-state index is 0.527. The summed E-state index contributed by atoms with van der Waals surface area (Å²) in [5, 5.41) is 6.80. The van der Waals surface area contributed by atoms with Crippen LogP contribution in [-0.2, 0) is 9.47 Å². The number of rotatable bonds is 10. The van der Waals surface area contributed by atoms with E-state index in [9.17, 15) is 0 Å². The SMILES string of the molecule is CCOCCNC(=NC)NCC(C(CC)CC)N1CCOCC1. The van der Waals surface area contributed by atoms with Crippen LogP contribution in [0.2, 0.25) is 0 Å². The van der Waals surface area contributed by atoms with Crippen molar-refractivity contribution in [2.45, 2.75) is 39.7 Å². The second-order valence-corrected chi connectivity index (χ2v) is 5.87. The van der Waals surface area contributed by atoms with E-state index in [0.29, 0.717) is 18.6 Å². The molecule has 0 bridgehead atoms. The first-order valence-electron chi connectivity index (χ1n) is 9.10. The Balaban J connectivity index is 2.50. The normalized spacial score (nSPS) is 18.2. The summed E-state index contributed by atoms with van der Waals surface area (Å²) in [6.07, 6.45) is 2.41. The summed E-state index contributed by atoms with van der Waals surface area (Å²) < 4.78 is 10.9.